The maximum Gasteiger partial charge on any atom is 0.0729 e. The second-order valence-corrected chi connectivity index (χ2v) is 6.52. The van der Waals surface area contributed by atoms with Gasteiger partial charge >= 0.3 is 0 Å². The first kappa shape index (κ1) is 16.2. The third-order valence-corrected chi connectivity index (χ3v) is 5.09. The van der Waals surface area contributed by atoms with Crippen molar-refractivity contribution in [1.82, 2.24) is 5.43 Å². The number of ether oxygens (including phenoxy) is 2. The van der Waals surface area contributed by atoms with Crippen molar-refractivity contribution >= 4 is 0 Å². The van der Waals surface area contributed by atoms with Gasteiger partial charge in [0.1, 0.15) is 0 Å². The van der Waals surface area contributed by atoms with E-state index in [4.69, 9.17) is 15.3 Å². The van der Waals surface area contributed by atoms with Crippen LogP contribution >= 0.6 is 0 Å². The van der Waals surface area contributed by atoms with E-state index < -0.39 is 0 Å². The highest BCUT2D eigenvalue weighted by Crippen LogP contribution is 2.38. The highest BCUT2D eigenvalue weighted by atomic mass is 16.5. The largest absolute Gasteiger partial charge is 0.381 e. The molecule has 2 rings (SSSR count). The number of hydrogen-bond donors (Lipinski definition) is 2. The van der Waals surface area contributed by atoms with Gasteiger partial charge < -0.3 is 9.47 Å². The Hall–Kier alpha value is -0.160. The zero-order valence-electron chi connectivity index (χ0n) is 13.0. The van der Waals surface area contributed by atoms with Gasteiger partial charge in [-0.2, -0.15) is 0 Å². The van der Waals surface area contributed by atoms with Crippen LogP contribution in [0.25, 0.3) is 0 Å². The summed E-state index contributed by atoms with van der Waals surface area (Å²) in [6.07, 6.45) is 10.9. The van der Waals surface area contributed by atoms with E-state index in [2.05, 4.69) is 12.3 Å². The topological polar surface area (TPSA) is 56.5 Å². The number of hydrazine groups is 1. The predicted octanol–water partition coefficient (Wildman–Crippen LogP) is 2.76. The van der Waals surface area contributed by atoms with E-state index >= 15 is 0 Å². The lowest BCUT2D eigenvalue weighted by molar-refractivity contribution is -0.150. The highest BCUT2D eigenvalue weighted by Gasteiger charge is 2.40. The summed E-state index contributed by atoms with van der Waals surface area (Å²) in [6.45, 7) is 4.84. The van der Waals surface area contributed by atoms with Gasteiger partial charge in [0.15, 0.2) is 0 Å². The Morgan fingerprint density at radius 2 is 2.00 bits per heavy atom. The molecule has 0 aromatic rings. The van der Waals surface area contributed by atoms with Crippen LogP contribution in [0.15, 0.2) is 0 Å². The molecule has 4 nitrogen and oxygen atoms in total. The van der Waals surface area contributed by atoms with Gasteiger partial charge in [0, 0.05) is 25.9 Å². The first-order chi connectivity index (χ1) is 9.79. The Balaban J connectivity index is 1.82. The zero-order valence-corrected chi connectivity index (χ0v) is 13.0. The molecule has 2 fully saturated rings. The Morgan fingerprint density at radius 1 is 1.20 bits per heavy atom. The van der Waals surface area contributed by atoms with Gasteiger partial charge in [-0.25, -0.2) is 0 Å². The standard InChI is InChI=1S/C16H32N2O2/c1-2-3-4-5-6-15(18-17)14-7-10-20-16(13-14)8-11-19-12-9-16/h14-15,18H,2-13,17H2,1H3. The van der Waals surface area contributed by atoms with Crippen molar-refractivity contribution in [2.24, 2.45) is 11.8 Å². The van der Waals surface area contributed by atoms with E-state index in [1.165, 1.54) is 32.1 Å². The molecule has 3 N–H and O–H groups in total. The maximum atomic E-state index is 6.13. The summed E-state index contributed by atoms with van der Waals surface area (Å²) in [7, 11) is 0. The van der Waals surface area contributed by atoms with E-state index in [0.29, 0.717) is 12.0 Å². The Kier molecular flexibility index (Phi) is 6.75. The third kappa shape index (κ3) is 4.42. The van der Waals surface area contributed by atoms with Gasteiger partial charge in [-0.05, 0) is 38.0 Å². The normalized spacial score (nSPS) is 27.6. The van der Waals surface area contributed by atoms with Gasteiger partial charge in [-0.15, -0.1) is 0 Å². The van der Waals surface area contributed by atoms with Gasteiger partial charge in [-0.3, -0.25) is 11.3 Å². The van der Waals surface area contributed by atoms with Crippen LogP contribution in [0.5, 0.6) is 0 Å². The molecule has 0 aromatic heterocycles. The lowest BCUT2D eigenvalue weighted by atomic mass is 9.77. The van der Waals surface area contributed by atoms with Crippen molar-refractivity contribution in [3.63, 3.8) is 0 Å². The number of rotatable bonds is 7. The van der Waals surface area contributed by atoms with Crippen molar-refractivity contribution in [3.05, 3.63) is 0 Å². The number of nitrogens with two attached hydrogens (primary N) is 1. The van der Waals surface area contributed by atoms with Crippen molar-refractivity contribution in [2.75, 3.05) is 19.8 Å². The number of nitrogens with one attached hydrogen (secondary N) is 1. The molecule has 2 atom stereocenters. The molecule has 20 heavy (non-hydrogen) atoms. The predicted molar refractivity (Wildman–Crippen MR) is 81.3 cm³/mol. The van der Waals surface area contributed by atoms with Crippen molar-refractivity contribution in [3.8, 4) is 0 Å². The number of hydrogen-bond acceptors (Lipinski definition) is 4. The van der Waals surface area contributed by atoms with Crippen molar-refractivity contribution in [2.45, 2.75) is 76.4 Å². The Bertz CT molecular complexity index is 262. The van der Waals surface area contributed by atoms with Gasteiger partial charge in [0.2, 0.25) is 0 Å². The Morgan fingerprint density at radius 3 is 2.70 bits per heavy atom. The van der Waals surface area contributed by atoms with Gasteiger partial charge in [0.05, 0.1) is 5.60 Å². The SMILES string of the molecule is CCCCCCC(NN)C1CCOC2(CCOCC2)C1. The number of unbranched alkanes of at least 4 members (excludes halogenated alkanes) is 3. The second-order valence-electron chi connectivity index (χ2n) is 6.52. The quantitative estimate of drug-likeness (QED) is 0.429. The zero-order chi connectivity index (χ0) is 14.3. The van der Waals surface area contributed by atoms with Crippen LogP contribution in [0.1, 0.15) is 64.7 Å². The fraction of sp³-hybridized carbons (Fsp3) is 1.00. The smallest absolute Gasteiger partial charge is 0.0729 e. The maximum absolute atomic E-state index is 6.13. The summed E-state index contributed by atoms with van der Waals surface area (Å²) in [4.78, 5) is 0. The summed E-state index contributed by atoms with van der Waals surface area (Å²) in [5, 5.41) is 0. The Labute approximate surface area is 123 Å². The van der Waals surface area contributed by atoms with E-state index in [0.717, 1.165) is 45.5 Å². The second kappa shape index (κ2) is 8.32. The summed E-state index contributed by atoms with van der Waals surface area (Å²) < 4.78 is 11.6. The summed E-state index contributed by atoms with van der Waals surface area (Å²) in [5.41, 5.74) is 3.17. The minimum atomic E-state index is 0.0830. The third-order valence-electron chi connectivity index (χ3n) is 5.09. The van der Waals surface area contributed by atoms with E-state index in [1.54, 1.807) is 0 Å². The molecule has 0 aromatic carbocycles. The molecule has 118 valence electrons. The molecule has 2 aliphatic heterocycles. The molecule has 0 saturated carbocycles. The van der Waals surface area contributed by atoms with E-state index in [-0.39, 0.29) is 5.60 Å². The summed E-state index contributed by atoms with van der Waals surface area (Å²) >= 11 is 0. The van der Waals surface area contributed by atoms with Crippen LogP contribution in [-0.4, -0.2) is 31.5 Å². The molecule has 0 bridgehead atoms. The average molecular weight is 284 g/mol. The lowest BCUT2D eigenvalue weighted by Gasteiger charge is -2.45. The molecule has 1 spiro atoms. The van der Waals surface area contributed by atoms with Crippen molar-refractivity contribution in [1.29, 1.82) is 0 Å². The highest BCUT2D eigenvalue weighted by molar-refractivity contribution is 4.92. The molecule has 0 radical (unpaired) electrons. The van der Waals surface area contributed by atoms with Crippen LogP contribution < -0.4 is 11.3 Å². The van der Waals surface area contributed by atoms with E-state index in [1.807, 2.05) is 0 Å². The molecule has 2 heterocycles. The minimum absolute atomic E-state index is 0.0830. The van der Waals surface area contributed by atoms with Gasteiger partial charge in [-0.1, -0.05) is 32.6 Å². The van der Waals surface area contributed by atoms with Crippen LogP contribution in [0.4, 0.5) is 0 Å². The molecular weight excluding hydrogens is 252 g/mol. The fourth-order valence-corrected chi connectivity index (χ4v) is 3.75. The van der Waals surface area contributed by atoms with Crippen LogP contribution in [0, 0.1) is 5.92 Å². The molecule has 2 unspecified atom stereocenters. The molecule has 2 saturated heterocycles. The van der Waals surface area contributed by atoms with Crippen molar-refractivity contribution < 1.29 is 9.47 Å². The molecule has 4 heteroatoms. The first-order valence-corrected chi connectivity index (χ1v) is 8.47. The summed E-state index contributed by atoms with van der Waals surface area (Å²) in [5.74, 6) is 6.48. The van der Waals surface area contributed by atoms with Crippen LogP contribution in [-0.2, 0) is 9.47 Å². The van der Waals surface area contributed by atoms with Gasteiger partial charge in [0.25, 0.3) is 0 Å². The lowest BCUT2D eigenvalue weighted by Crippen LogP contribution is -2.50. The molecule has 2 aliphatic rings. The molecule has 0 amide bonds. The van der Waals surface area contributed by atoms with E-state index in [9.17, 15) is 0 Å². The minimum Gasteiger partial charge on any atom is -0.381 e. The first-order valence-electron chi connectivity index (χ1n) is 8.47. The van der Waals surface area contributed by atoms with Crippen LogP contribution in [0.3, 0.4) is 0 Å². The fourth-order valence-electron chi connectivity index (χ4n) is 3.75. The summed E-state index contributed by atoms with van der Waals surface area (Å²) in [6, 6.07) is 0.454. The van der Waals surface area contributed by atoms with Crippen LogP contribution in [0.2, 0.25) is 0 Å². The monoisotopic (exact) mass is 284 g/mol. The molecule has 0 aliphatic carbocycles. The average Bonchev–Trinajstić information content (AvgIpc) is 2.48. The molecular formula is C16H32N2O2.